The molecule has 0 atom stereocenters. The Balaban J connectivity index is 2.31. The molecule has 4 nitrogen and oxygen atoms in total. The van der Waals surface area contributed by atoms with Crippen molar-refractivity contribution in [3.63, 3.8) is 0 Å². The van der Waals surface area contributed by atoms with Gasteiger partial charge in [0.25, 0.3) is 0 Å². The predicted molar refractivity (Wildman–Crippen MR) is 66.7 cm³/mol. The SMILES string of the molecule is Nc1cccc2c1OCc1c-2ccc(O)c1N. The minimum atomic E-state index is 0.0831. The molecule has 17 heavy (non-hydrogen) atoms. The maximum Gasteiger partial charge on any atom is 0.150 e. The molecule has 0 radical (unpaired) electrons. The summed E-state index contributed by atoms with van der Waals surface area (Å²) >= 11 is 0. The van der Waals surface area contributed by atoms with Gasteiger partial charge in [-0.15, -0.1) is 0 Å². The molecule has 0 saturated heterocycles. The van der Waals surface area contributed by atoms with Crippen molar-refractivity contribution in [3.05, 3.63) is 35.9 Å². The molecule has 1 aliphatic heterocycles. The zero-order chi connectivity index (χ0) is 12.0. The van der Waals surface area contributed by atoms with Crippen LogP contribution in [0.5, 0.6) is 11.5 Å². The van der Waals surface area contributed by atoms with Crippen molar-refractivity contribution in [1.82, 2.24) is 0 Å². The van der Waals surface area contributed by atoms with Gasteiger partial charge in [-0.2, -0.15) is 0 Å². The zero-order valence-corrected chi connectivity index (χ0v) is 9.10. The van der Waals surface area contributed by atoms with E-state index in [0.717, 1.165) is 16.7 Å². The van der Waals surface area contributed by atoms with Crippen molar-refractivity contribution >= 4 is 11.4 Å². The van der Waals surface area contributed by atoms with Gasteiger partial charge >= 0.3 is 0 Å². The van der Waals surface area contributed by atoms with Crippen LogP contribution in [0, 0.1) is 0 Å². The maximum absolute atomic E-state index is 9.57. The maximum atomic E-state index is 9.57. The van der Waals surface area contributed by atoms with Gasteiger partial charge in [0.2, 0.25) is 0 Å². The summed E-state index contributed by atoms with van der Waals surface area (Å²) in [5.41, 5.74) is 15.4. The van der Waals surface area contributed by atoms with Gasteiger partial charge in [-0.05, 0) is 17.7 Å². The lowest BCUT2D eigenvalue weighted by atomic mass is 9.95. The molecular formula is C13H12N2O2. The Morgan fingerprint density at radius 1 is 1.06 bits per heavy atom. The molecule has 3 rings (SSSR count). The first-order valence-electron chi connectivity index (χ1n) is 5.30. The molecular weight excluding hydrogens is 216 g/mol. The van der Waals surface area contributed by atoms with Crippen LogP contribution in [0.3, 0.4) is 0 Å². The van der Waals surface area contributed by atoms with Crippen molar-refractivity contribution in [3.8, 4) is 22.6 Å². The van der Waals surface area contributed by atoms with Crippen molar-refractivity contribution in [1.29, 1.82) is 0 Å². The minimum absolute atomic E-state index is 0.0831. The summed E-state index contributed by atoms with van der Waals surface area (Å²) in [7, 11) is 0. The molecule has 0 bridgehead atoms. The molecule has 5 N–H and O–H groups in total. The van der Waals surface area contributed by atoms with E-state index < -0.39 is 0 Å². The highest BCUT2D eigenvalue weighted by atomic mass is 16.5. The van der Waals surface area contributed by atoms with Gasteiger partial charge in [0, 0.05) is 11.1 Å². The number of rotatable bonds is 0. The lowest BCUT2D eigenvalue weighted by Gasteiger charge is -2.23. The summed E-state index contributed by atoms with van der Waals surface area (Å²) in [5, 5.41) is 9.57. The molecule has 4 heteroatoms. The molecule has 0 unspecified atom stereocenters. The second kappa shape index (κ2) is 3.31. The van der Waals surface area contributed by atoms with Crippen molar-refractivity contribution in [2.45, 2.75) is 6.61 Å². The van der Waals surface area contributed by atoms with E-state index in [4.69, 9.17) is 16.2 Å². The van der Waals surface area contributed by atoms with Crippen LogP contribution in [0.2, 0.25) is 0 Å². The molecule has 1 heterocycles. The van der Waals surface area contributed by atoms with Crippen molar-refractivity contribution < 1.29 is 9.84 Å². The summed E-state index contributed by atoms with van der Waals surface area (Å²) in [6.45, 7) is 0.330. The molecule has 1 aliphatic rings. The normalized spacial score (nSPS) is 12.5. The summed E-state index contributed by atoms with van der Waals surface area (Å²) in [6, 6.07) is 9.03. The van der Waals surface area contributed by atoms with Gasteiger partial charge in [-0.25, -0.2) is 0 Å². The van der Waals surface area contributed by atoms with E-state index in [9.17, 15) is 5.11 Å². The second-order valence-electron chi connectivity index (χ2n) is 4.04. The lowest BCUT2D eigenvalue weighted by molar-refractivity contribution is 0.304. The molecule has 0 amide bonds. The van der Waals surface area contributed by atoms with E-state index in [0.29, 0.717) is 23.7 Å². The Hall–Kier alpha value is -2.36. The lowest BCUT2D eigenvalue weighted by Crippen LogP contribution is -2.10. The number of aromatic hydroxyl groups is 1. The highest BCUT2D eigenvalue weighted by Crippen LogP contribution is 2.44. The molecule has 0 aromatic heterocycles. The number of benzene rings is 2. The van der Waals surface area contributed by atoms with Crippen LogP contribution in [0.15, 0.2) is 30.3 Å². The highest BCUT2D eigenvalue weighted by molar-refractivity contribution is 5.84. The first-order valence-corrected chi connectivity index (χ1v) is 5.30. The minimum Gasteiger partial charge on any atom is -0.506 e. The predicted octanol–water partition coefficient (Wildman–Crippen LogP) is 2.12. The standard InChI is InChI=1S/C13H12N2O2/c14-10-3-1-2-8-7-4-5-11(16)12(15)9(7)6-17-13(8)10/h1-5,16H,6,14-15H2. The van der Waals surface area contributed by atoms with Crippen LogP contribution in [0.1, 0.15) is 5.56 Å². The summed E-state index contributed by atoms with van der Waals surface area (Å²) < 4.78 is 5.60. The number of phenols is 1. The quantitative estimate of drug-likeness (QED) is 0.476. The van der Waals surface area contributed by atoms with E-state index in [1.807, 2.05) is 18.2 Å². The van der Waals surface area contributed by atoms with E-state index in [2.05, 4.69) is 0 Å². The Bertz CT molecular complexity index is 609. The Morgan fingerprint density at radius 2 is 1.88 bits per heavy atom. The molecule has 0 spiro atoms. The Morgan fingerprint density at radius 3 is 2.71 bits per heavy atom. The van der Waals surface area contributed by atoms with Crippen LogP contribution in [0.4, 0.5) is 11.4 Å². The topological polar surface area (TPSA) is 81.5 Å². The van der Waals surface area contributed by atoms with Gasteiger partial charge in [0.05, 0.1) is 11.4 Å². The van der Waals surface area contributed by atoms with Gasteiger partial charge in [-0.3, -0.25) is 0 Å². The second-order valence-corrected chi connectivity index (χ2v) is 4.04. The Kier molecular flexibility index (Phi) is 1.92. The van der Waals surface area contributed by atoms with Crippen LogP contribution >= 0.6 is 0 Å². The van der Waals surface area contributed by atoms with Crippen LogP contribution in [-0.2, 0) is 6.61 Å². The fraction of sp³-hybridized carbons (Fsp3) is 0.0769. The molecule has 2 aromatic rings. The molecule has 0 aliphatic carbocycles. The van der Waals surface area contributed by atoms with Crippen LogP contribution < -0.4 is 16.2 Å². The summed E-state index contributed by atoms with van der Waals surface area (Å²) in [4.78, 5) is 0. The average Bonchev–Trinajstić information content (AvgIpc) is 2.34. The molecule has 86 valence electrons. The number of anilines is 2. The molecule has 0 fully saturated rings. The van der Waals surface area contributed by atoms with Crippen molar-refractivity contribution in [2.75, 3.05) is 11.5 Å². The largest absolute Gasteiger partial charge is 0.506 e. The van der Waals surface area contributed by atoms with Gasteiger partial charge in [0.15, 0.2) is 5.75 Å². The first kappa shape index (κ1) is 9.84. The smallest absolute Gasteiger partial charge is 0.150 e. The van der Waals surface area contributed by atoms with E-state index in [1.54, 1.807) is 12.1 Å². The van der Waals surface area contributed by atoms with Gasteiger partial charge in [0.1, 0.15) is 12.4 Å². The number of para-hydroxylation sites is 1. The third kappa shape index (κ3) is 1.30. The molecule has 2 aromatic carbocycles. The molecule has 0 saturated carbocycles. The number of fused-ring (bicyclic) bond motifs is 3. The third-order valence-corrected chi connectivity index (χ3v) is 3.03. The van der Waals surface area contributed by atoms with E-state index in [1.165, 1.54) is 0 Å². The number of phenolic OH excluding ortho intramolecular Hbond substituents is 1. The van der Waals surface area contributed by atoms with Crippen LogP contribution in [-0.4, -0.2) is 5.11 Å². The van der Waals surface area contributed by atoms with E-state index >= 15 is 0 Å². The number of hydrogen-bond donors (Lipinski definition) is 3. The number of nitrogen functional groups attached to an aromatic ring is 2. The first-order chi connectivity index (χ1) is 8.18. The van der Waals surface area contributed by atoms with E-state index in [-0.39, 0.29) is 5.75 Å². The zero-order valence-electron chi connectivity index (χ0n) is 9.10. The number of hydrogen-bond acceptors (Lipinski definition) is 4. The monoisotopic (exact) mass is 228 g/mol. The summed E-state index contributed by atoms with van der Waals surface area (Å²) in [6.07, 6.45) is 0. The average molecular weight is 228 g/mol. The third-order valence-electron chi connectivity index (χ3n) is 3.03. The Labute approximate surface area is 98.4 Å². The van der Waals surface area contributed by atoms with Gasteiger partial charge in [-0.1, -0.05) is 18.2 Å². The van der Waals surface area contributed by atoms with Crippen molar-refractivity contribution in [2.24, 2.45) is 0 Å². The fourth-order valence-corrected chi connectivity index (χ4v) is 2.13. The summed E-state index contributed by atoms with van der Waals surface area (Å²) in [5.74, 6) is 0.768. The van der Waals surface area contributed by atoms with Crippen LogP contribution in [0.25, 0.3) is 11.1 Å². The van der Waals surface area contributed by atoms with Gasteiger partial charge < -0.3 is 21.3 Å². The number of nitrogens with two attached hydrogens (primary N) is 2. The number of ether oxygens (including phenoxy) is 1. The highest BCUT2D eigenvalue weighted by Gasteiger charge is 2.21. The fourth-order valence-electron chi connectivity index (χ4n) is 2.13.